The third kappa shape index (κ3) is 4.23. The number of hydrogen-bond donors (Lipinski definition) is 1. The van der Waals surface area contributed by atoms with E-state index in [2.05, 4.69) is 15.9 Å². The fourth-order valence-corrected chi connectivity index (χ4v) is 2.62. The molecule has 0 radical (unpaired) electrons. The molecule has 0 amide bonds. The lowest BCUT2D eigenvalue weighted by Crippen LogP contribution is -2.15. The minimum absolute atomic E-state index is 0.00615. The van der Waals surface area contributed by atoms with Crippen LogP contribution in [0.4, 0.5) is 18.9 Å². The zero-order valence-corrected chi connectivity index (χ0v) is 12.9. The van der Waals surface area contributed by atoms with Gasteiger partial charge in [-0.05, 0) is 53.4 Å². The number of Topliss-reactive ketones (excluding diaryl/α,β-unsaturated/α-hetero) is 1. The molecule has 2 nitrogen and oxygen atoms in total. The van der Waals surface area contributed by atoms with Gasteiger partial charge in [0.25, 0.3) is 0 Å². The van der Waals surface area contributed by atoms with Gasteiger partial charge in [-0.15, -0.1) is 0 Å². The number of nitrogen functional groups attached to an aromatic ring is 1. The maximum Gasteiger partial charge on any atom is 0.418 e. The summed E-state index contributed by atoms with van der Waals surface area (Å²) in [4.78, 5) is 11.5. The fraction of sp³-hybridized carbons (Fsp3) is 0.500. The third-order valence-electron chi connectivity index (χ3n) is 3.19. The van der Waals surface area contributed by atoms with Crippen molar-refractivity contribution in [2.45, 2.75) is 39.3 Å². The maximum atomic E-state index is 12.9. The van der Waals surface area contributed by atoms with E-state index in [1.807, 2.05) is 6.92 Å². The Labute approximate surface area is 124 Å². The first kappa shape index (κ1) is 17.0. The molecule has 0 bridgehead atoms. The Morgan fingerprint density at radius 3 is 2.45 bits per heavy atom. The summed E-state index contributed by atoms with van der Waals surface area (Å²) in [5.41, 5.74) is 4.73. The molecule has 1 atom stereocenters. The summed E-state index contributed by atoms with van der Waals surface area (Å²) in [6.07, 6.45) is -2.73. The van der Waals surface area contributed by atoms with Gasteiger partial charge in [0.15, 0.2) is 0 Å². The Morgan fingerprint density at radius 2 is 2.00 bits per heavy atom. The summed E-state index contributed by atoms with van der Waals surface area (Å²) in [7, 11) is 0. The lowest BCUT2D eigenvalue weighted by molar-refractivity contribution is -0.137. The summed E-state index contributed by atoms with van der Waals surface area (Å²) in [6, 6.07) is 2.59. The Balaban J connectivity index is 3.14. The molecule has 0 aromatic heterocycles. The van der Waals surface area contributed by atoms with Gasteiger partial charge in [-0.25, -0.2) is 0 Å². The number of rotatable bonds is 5. The number of ketones is 1. The number of alkyl halides is 3. The summed E-state index contributed by atoms with van der Waals surface area (Å²) < 4.78 is 38.9. The normalized spacial score (nSPS) is 13.3. The number of halogens is 4. The molecule has 0 aliphatic rings. The molecule has 0 heterocycles. The molecule has 6 heteroatoms. The van der Waals surface area contributed by atoms with Crippen LogP contribution < -0.4 is 5.73 Å². The maximum absolute atomic E-state index is 12.9. The fourth-order valence-electron chi connectivity index (χ4n) is 2.11. The van der Waals surface area contributed by atoms with Gasteiger partial charge in [0.05, 0.1) is 11.3 Å². The van der Waals surface area contributed by atoms with Crippen LogP contribution in [-0.4, -0.2) is 5.78 Å². The van der Waals surface area contributed by atoms with Crippen molar-refractivity contribution in [2.24, 2.45) is 5.92 Å². The number of anilines is 1. The van der Waals surface area contributed by atoms with E-state index in [0.29, 0.717) is 18.4 Å². The summed E-state index contributed by atoms with van der Waals surface area (Å²) in [5.74, 6) is -0.259. The van der Waals surface area contributed by atoms with Crippen molar-refractivity contribution in [3.05, 3.63) is 27.7 Å². The number of nitrogens with two attached hydrogens (primary N) is 1. The zero-order chi connectivity index (χ0) is 15.5. The average molecular weight is 352 g/mol. The number of carbonyl (C=O) groups is 1. The van der Waals surface area contributed by atoms with E-state index in [4.69, 9.17) is 5.73 Å². The summed E-state index contributed by atoms with van der Waals surface area (Å²) in [6.45, 7) is 3.41. The van der Waals surface area contributed by atoms with Crippen molar-refractivity contribution in [2.75, 3.05) is 5.73 Å². The lowest BCUT2D eigenvalue weighted by atomic mass is 9.91. The number of carbonyl (C=O) groups excluding carboxylic acids is 1. The van der Waals surface area contributed by atoms with E-state index in [1.165, 1.54) is 6.92 Å². The van der Waals surface area contributed by atoms with Gasteiger partial charge < -0.3 is 5.73 Å². The van der Waals surface area contributed by atoms with Crippen molar-refractivity contribution < 1.29 is 18.0 Å². The van der Waals surface area contributed by atoms with Crippen LogP contribution in [0.3, 0.4) is 0 Å². The summed E-state index contributed by atoms with van der Waals surface area (Å²) in [5, 5.41) is 0. The van der Waals surface area contributed by atoms with Crippen molar-refractivity contribution in [3.63, 3.8) is 0 Å². The van der Waals surface area contributed by atoms with E-state index < -0.39 is 11.7 Å². The highest BCUT2D eigenvalue weighted by Gasteiger charge is 2.34. The predicted molar refractivity (Wildman–Crippen MR) is 76.3 cm³/mol. The average Bonchev–Trinajstić information content (AvgIpc) is 2.31. The molecule has 0 saturated carbocycles. The Kier molecular flexibility index (Phi) is 5.62. The highest BCUT2D eigenvalue weighted by atomic mass is 79.9. The second kappa shape index (κ2) is 6.61. The van der Waals surface area contributed by atoms with Crippen LogP contribution in [0.1, 0.15) is 37.8 Å². The smallest absolute Gasteiger partial charge is 0.397 e. The first-order valence-electron chi connectivity index (χ1n) is 6.32. The molecule has 1 rings (SSSR count). The molecule has 0 spiro atoms. The van der Waals surface area contributed by atoms with Gasteiger partial charge in [0.2, 0.25) is 0 Å². The Bertz CT molecular complexity index is 500. The molecular formula is C14H17BrF3NO. The largest absolute Gasteiger partial charge is 0.418 e. The minimum Gasteiger partial charge on any atom is -0.397 e. The van der Waals surface area contributed by atoms with Gasteiger partial charge in [-0.3, -0.25) is 4.79 Å². The van der Waals surface area contributed by atoms with E-state index in [9.17, 15) is 18.0 Å². The molecule has 2 N–H and O–H groups in total. The van der Waals surface area contributed by atoms with Crippen LogP contribution in [-0.2, 0) is 17.4 Å². The summed E-state index contributed by atoms with van der Waals surface area (Å²) >= 11 is 3.05. The molecule has 0 saturated heterocycles. The van der Waals surface area contributed by atoms with E-state index in [0.717, 1.165) is 12.5 Å². The minimum atomic E-state index is -4.50. The van der Waals surface area contributed by atoms with Gasteiger partial charge in [0, 0.05) is 10.4 Å². The van der Waals surface area contributed by atoms with Crippen LogP contribution in [0.15, 0.2) is 16.6 Å². The molecule has 0 aliphatic carbocycles. The first-order chi connectivity index (χ1) is 9.16. The molecule has 1 aromatic rings. The molecule has 0 aliphatic heterocycles. The monoisotopic (exact) mass is 351 g/mol. The van der Waals surface area contributed by atoms with Crippen LogP contribution >= 0.6 is 15.9 Å². The second-order valence-electron chi connectivity index (χ2n) is 4.84. The van der Waals surface area contributed by atoms with E-state index in [1.54, 1.807) is 6.07 Å². The van der Waals surface area contributed by atoms with Gasteiger partial charge >= 0.3 is 6.18 Å². The zero-order valence-electron chi connectivity index (χ0n) is 11.4. The number of hydrogen-bond acceptors (Lipinski definition) is 2. The highest BCUT2D eigenvalue weighted by Crippen LogP contribution is 2.38. The molecule has 1 aromatic carbocycles. The van der Waals surface area contributed by atoms with Crippen molar-refractivity contribution in [3.8, 4) is 0 Å². The molecule has 112 valence electrons. The SMILES string of the molecule is CCC[C@H](Cc1cc(Br)c(N)c(C(F)(F)F)c1)C(C)=O. The topological polar surface area (TPSA) is 43.1 Å². The predicted octanol–water partition coefficient (Wildman–Crippen LogP) is 4.60. The van der Waals surface area contributed by atoms with Crippen LogP contribution in [0, 0.1) is 5.92 Å². The van der Waals surface area contributed by atoms with Gasteiger partial charge in [-0.2, -0.15) is 13.2 Å². The lowest BCUT2D eigenvalue weighted by Gasteiger charge is -2.17. The molecular weight excluding hydrogens is 335 g/mol. The van der Waals surface area contributed by atoms with Crippen molar-refractivity contribution in [1.29, 1.82) is 0 Å². The standard InChI is InChI=1S/C14H17BrF3NO/c1-3-4-10(8(2)20)5-9-6-11(14(16,17)18)13(19)12(15)7-9/h6-7,10H,3-5,19H2,1-2H3/t10-/m1/s1. The quantitative estimate of drug-likeness (QED) is 0.787. The molecule has 0 unspecified atom stereocenters. The van der Waals surface area contributed by atoms with Crippen LogP contribution in [0.5, 0.6) is 0 Å². The van der Waals surface area contributed by atoms with Gasteiger partial charge in [0.1, 0.15) is 5.78 Å². The Hall–Kier alpha value is -1.04. The third-order valence-corrected chi connectivity index (χ3v) is 3.84. The van der Waals surface area contributed by atoms with Crippen LogP contribution in [0.2, 0.25) is 0 Å². The van der Waals surface area contributed by atoms with Crippen LogP contribution in [0.25, 0.3) is 0 Å². The van der Waals surface area contributed by atoms with Crippen molar-refractivity contribution in [1.82, 2.24) is 0 Å². The molecule has 0 fully saturated rings. The van der Waals surface area contributed by atoms with Gasteiger partial charge in [-0.1, -0.05) is 13.3 Å². The van der Waals surface area contributed by atoms with Crippen molar-refractivity contribution >= 4 is 27.4 Å². The highest BCUT2D eigenvalue weighted by molar-refractivity contribution is 9.10. The number of benzene rings is 1. The van der Waals surface area contributed by atoms with E-state index >= 15 is 0 Å². The Morgan fingerprint density at radius 1 is 1.40 bits per heavy atom. The molecule has 20 heavy (non-hydrogen) atoms. The first-order valence-corrected chi connectivity index (χ1v) is 7.11. The van der Waals surface area contributed by atoms with E-state index in [-0.39, 0.29) is 21.9 Å². The second-order valence-corrected chi connectivity index (χ2v) is 5.69.